The van der Waals surface area contributed by atoms with Gasteiger partial charge in [0.15, 0.2) is 5.78 Å². The number of rotatable bonds is 9. The molecule has 2 aromatic carbocycles. The summed E-state index contributed by atoms with van der Waals surface area (Å²) in [5.41, 5.74) is 2.42. The van der Waals surface area contributed by atoms with Crippen LogP contribution in [0.15, 0.2) is 48.5 Å². The number of nitrogens with zero attached hydrogens (tertiary/aromatic N) is 1. The first-order valence-electron chi connectivity index (χ1n) is 9.99. The van der Waals surface area contributed by atoms with Gasteiger partial charge in [-0.25, -0.2) is 0 Å². The van der Waals surface area contributed by atoms with Crippen LogP contribution in [0.1, 0.15) is 48.5 Å². The molecule has 0 saturated carbocycles. The highest BCUT2D eigenvalue weighted by Gasteiger charge is 2.21. The summed E-state index contributed by atoms with van der Waals surface area (Å²) in [6.07, 6.45) is 1.81. The van der Waals surface area contributed by atoms with Gasteiger partial charge in [0, 0.05) is 43.6 Å². The molecule has 0 radical (unpaired) electrons. The summed E-state index contributed by atoms with van der Waals surface area (Å²) in [6.45, 7) is 3.63. The van der Waals surface area contributed by atoms with Crippen molar-refractivity contribution in [2.45, 2.75) is 39.2 Å². The van der Waals surface area contributed by atoms with E-state index in [1.54, 1.807) is 29.2 Å². The number of nitrogens with one attached hydrogen (secondary N) is 1. The second-order valence-corrected chi connectivity index (χ2v) is 6.97. The van der Waals surface area contributed by atoms with Gasteiger partial charge in [0.25, 0.3) is 0 Å². The van der Waals surface area contributed by atoms with Crippen molar-refractivity contribution in [3.8, 4) is 5.75 Å². The highest BCUT2D eigenvalue weighted by atomic mass is 16.5. The maximum absolute atomic E-state index is 12.2. The minimum Gasteiger partial charge on any atom is -0.494 e. The van der Waals surface area contributed by atoms with Crippen LogP contribution in [-0.4, -0.2) is 30.7 Å². The number of carbonyl (C=O) groups is 3. The van der Waals surface area contributed by atoms with Crippen molar-refractivity contribution >= 4 is 23.3 Å². The molecule has 152 valence electrons. The summed E-state index contributed by atoms with van der Waals surface area (Å²) in [7, 11) is 0. The Morgan fingerprint density at radius 2 is 1.76 bits per heavy atom. The number of hydrogen-bond acceptors (Lipinski definition) is 4. The summed E-state index contributed by atoms with van der Waals surface area (Å²) < 4.78 is 5.36. The Kier molecular flexibility index (Phi) is 7.00. The topological polar surface area (TPSA) is 75.7 Å². The summed E-state index contributed by atoms with van der Waals surface area (Å²) in [6, 6.07) is 14.6. The molecule has 0 atom stereocenters. The Bertz CT molecular complexity index is 859. The van der Waals surface area contributed by atoms with Crippen molar-refractivity contribution in [2.24, 2.45) is 0 Å². The van der Waals surface area contributed by atoms with Crippen LogP contribution in [0, 0.1) is 0 Å². The highest BCUT2D eigenvalue weighted by molar-refractivity contribution is 5.98. The Morgan fingerprint density at radius 3 is 2.38 bits per heavy atom. The molecule has 1 fully saturated rings. The average Bonchev–Trinajstić information content (AvgIpc) is 3.17. The number of Topliss-reactive ketones (excluding diaryl/α,β-unsaturated/α-hetero) is 1. The standard InChI is InChI=1S/C23H26N2O4/c1-2-29-20-11-7-18(8-12-20)21(26)13-14-22(27)24-16-17-5-9-19(10-6-17)25-15-3-4-23(25)28/h5-12H,2-4,13-16H2,1H3,(H,24,27). The number of anilines is 1. The maximum Gasteiger partial charge on any atom is 0.227 e. The number of amides is 2. The Labute approximate surface area is 170 Å². The lowest BCUT2D eigenvalue weighted by Gasteiger charge is -2.16. The van der Waals surface area contributed by atoms with Gasteiger partial charge in [-0.05, 0) is 55.3 Å². The zero-order chi connectivity index (χ0) is 20.6. The third kappa shape index (κ3) is 5.67. The number of hydrogen-bond donors (Lipinski definition) is 1. The van der Waals surface area contributed by atoms with Crippen molar-refractivity contribution in [3.63, 3.8) is 0 Å². The minimum absolute atomic E-state index is 0.0668. The smallest absolute Gasteiger partial charge is 0.227 e. The highest BCUT2D eigenvalue weighted by Crippen LogP contribution is 2.21. The van der Waals surface area contributed by atoms with Crippen LogP contribution in [0.25, 0.3) is 0 Å². The predicted molar refractivity (Wildman–Crippen MR) is 111 cm³/mol. The molecule has 29 heavy (non-hydrogen) atoms. The van der Waals surface area contributed by atoms with Gasteiger partial charge >= 0.3 is 0 Å². The second kappa shape index (κ2) is 9.87. The van der Waals surface area contributed by atoms with Gasteiger partial charge in [-0.3, -0.25) is 14.4 Å². The predicted octanol–water partition coefficient (Wildman–Crippen LogP) is 3.49. The third-order valence-corrected chi connectivity index (χ3v) is 4.88. The van der Waals surface area contributed by atoms with E-state index in [9.17, 15) is 14.4 Å². The van der Waals surface area contributed by atoms with Gasteiger partial charge in [0.1, 0.15) is 5.75 Å². The largest absolute Gasteiger partial charge is 0.494 e. The van der Waals surface area contributed by atoms with E-state index in [1.807, 2.05) is 31.2 Å². The fourth-order valence-corrected chi connectivity index (χ4v) is 3.28. The van der Waals surface area contributed by atoms with E-state index in [-0.39, 0.29) is 30.4 Å². The maximum atomic E-state index is 12.2. The quantitative estimate of drug-likeness (QED) is 0.661. The van der Waals surface area contributed by atoms with E-state index >= 15 is 0 Å². The molecule has 1 aliphatic heterocycles. The fourth-order valence-electron chi connectivity index (χ4n) is 3.28. The first kappa shape index (κ1) is 20.6. The molecule has 6 nitrogen and oxygen atoms in total. The van der Waals surface area contributed by atoms with E-state index in [4.69, 9.17) is 4.74 Å². The summed E-state index contributed by atoms with van der Waals surface area (Å²) >= 11 is 0. The van der Waals surface area contributed by atoms with Gasteiger partial charge in [-0.15, -0.1) is 0 Å². The molecule has 1 heterocycles. The molecule has 1 N–H and O–H groups in total. The third-order valence-electron chi connectivity index (χ3n) is 4.88. The molecule has 0 spiro atoms. The molecule has 6 heteroatoms. The Morgan fingerprint density at radius 1 is 1.03 bits per heavy atom. The summed E-state index contributed by atoms with van der Waals surface area (Å²) in [4.78, 5) is 37.9. The van der Waals surface area contributed by atoms with E-state index in [2.05, 4.69) is 5.32 Å². The Balaban J connectivity index is 1.42. The van der Waals surface area contributed by atoms with Crippen molar-refractivity contribution in [1.82, 2.24) is 5.32 Å². The van der Waals surface area contributed by atoms with Gasteiger partial charge in [0.05, 0.1) is 6.61 Å². The number of carbonyl (C=O) groups excluding carboxylic acids is 3. The van der Waals surface area contributed by atoms with Crippen molar-refractivity contribution in [2.75, 3.05) is 18.1 Å². The lowest BCUT2D eigenvalue weighted by atomic mass is 10.1. The molecule has 0 unspecified atom stereocenters. The van der Waals surface area contributed by atoms with Crippen LogP contribution in [0.2, 0.25) is 0 Å². The number of benzene rings is 2. The van der Waals surface area contributed by atoms with Gasteiger partial charge in [-0.2, -0.15) is 0 Å². The SMILES string of the molecule is CCOc1ccc(C(=O)CCC(=O)NCc2ccc(N3CCCC3=O)cc2)cc1. The first-order chi connectivity index (χ1) is 14.1. The average molecular weight is 394 g/mol. The molecule has 2 amide bonds. The number of ketones is 1. The summed E-state index contributed by atoms with van der Waals surface area (Å²) in [5.74, 6) is 0.649. The molecule has 0 aliphatic carbocycles. The summed E-state index contributed by atoms with van der Waals surface area (Å²) in [5, 5.41) is 2.84. The van der Waals surface area contributed by atoms with Crippen LogP contribution in [0.4, 0.5) is 5.69 Å². The minimum atomic E-state index is -0.164. The van der Waals surface area contributed by atoms with E-state index in [0.717, 1.165) is 30.0 Å². The van der Waals surface area contributed by atoms with Crippen LogP contribution in [-0.2, 0) is 16.1 Å². The van der Waals surface area contributed by atoms with E-state index in [0.29, 0.717) is 25.1 Å². The zero-order valence-electron chi connectivity index (χ0n) is 16.6. The van der Waals surface area contributed by atoms with Gasteiger partial charge < -0.3 is 15.0 Å². The second-order valence-electron chi connectivity index (χ2n) is 6.97. The van der Waals surface area contributed by atoms with Crippen molar-refractivity contribution in [3.05, 3.63) is 59.7 Å². The molecule has 3 rings (SSSR count). The molecule has 0 aromatic heterocycles. The molecule has 1 saturated heterocycles. The molecule has 1 aliphatic rings. The van der Waals surface area contributed by atoms with Gasteiger partial charge in [0.2, 0.25) is 11.8 Å². The van der Waals surface area contributed by atoms with E-state index in [1.165, 1.54) is 0 Å². The van der Waals surface area contributed by atoms with Crippen LogP contribution >= 0.6 is 0 Å². The number of ether oxygens (including phenoxy) is 1. The monoisotopic (exact) mass is 394 g/mol. The van der Waals surface area contributed by atoms with Crippen molar-refractivity contribution in [1.29, 1.82) is 0 Å². The zero-order valence-corrected chi connectivity index (χ0v) is 16.6. The molecular formula is C23H26N2O4. The lowest BCUT2D eigenvalue weighted by molar-refractivity contribution is -0.121. The normalized spacial score (nSPS) is 13.4. The Hall–Kier alpha value is -3.15. The van der Waals surface area contributed by atoms with Crippen molar-refractivity contribution < 1.29 is 19.1 Å². The van der Waals surface area contributed by atoms with Gasteiger partial charge in [-0.1, -0.05) is 12.1 Å². The van der Waals surface area contributed by atoms with Crippen LogP contribution in [0.5, 0.6) is 5.75 Å². The fraction of sp³-hybridized carbons (Fsp3) is 0.348. The van der Waals surface area contributed by atoms with Crippen LogP contribution in [0.3, 0.4) is 0 Å². The molecule has 0 bridgehead atoms. The first-order valence-corrected chi connectivity index (χ1v) is 9.99. The molecular weight excluding hydrogens is 368 g/mol. The molecule has 2 aromatic rings. The lowest BCUT2D eigenvalue weighted by Crippen LogP contribution is -2.24. The van der Waals surface area contributed by atoms with E-state index < -0.39 is 0 Å². The van der Waals surface area contributed by atoms with Crippen LogP contribution < -0.4 is 15.0 Å².